The van der Waals surface area contributed by atoms with Gasteiger partial charge in [-0.3, -0.25) is 10.1 Å². The van der Waals surface area contributed by atoms with Gasteiger partial charge in [0.05, 0.1) is 4.92 Å². The third-order valence-electron chi connectivity index (χ3n) is 5.15. The van der Waals surface area contributed by atoms with Crippen molar-refractivity contribution < 1.29 is 9.72 Å². The minimum atomic E-state index is -0.470. The van der Waals surface area contributed by atoms with E-state index in [1.165, 1.54) is 23.1 Å². The predicted octanol–water partition coefficient (Wildman–Crippen LogP) is 4.49. The van der Waals surface area contributed by atoms with E-state index in [9.17, 15) is 14.9 Å². The molecular formula is C20H20N4O3. The Morgan fingerprint density at radius 3 is 2.70 bits per heavy atom. The number of urea groups is 1. The molecule has 2 N–H and O–H groups in total. The van der Waals surface area contributed by atoms with Crippen molar-refractivity contribution in [1.29, 1.82) is 0 Å². The Morgan fingerprint density at radius 2 is 1.93 bits per heavy atom. The fourth-order valence-electron chi connectivity index (χ4n) is 3.73. The Balaban J connectivity index is 1.39. The zero-order valence-electron chi connectivity index (χ0n) is 14.7. The molecule has 0 spiro atoms. The molecule has 3 aromatic rings. The highest BCUT2D eigenvalue weighted by molar-refractivity contribution is 5.90. The summed E-state index contributed by atoms with van der Waals surface area (Å²) in [6, 6.07) is 14.0. The molecule has 4 rings (SSSR count). The van der Waals surface area contributed by atoms with E-state index < -0.39 is 4.92 Å². The lowest BCUT2D eigenvalue weighted by Gasteiger charge is -2.32. The van der Waals surface area contributed by atoms with E-state index in [2.05, 4.69) is 28.6 Å². The number of hydrogen-bond donors (Lipinski definition) is 2. The Hall–Kier alpha value is -3.35. The fraction of sp³-hybridized carbons (Fsp3) is 0.250. The van der Waals surface area contributed by atoms with Crippen molar-refractivity contribution in [3.8, 4) is 0 Å². The third kappa shape index (κ3) is 3.48. The highest BCUT2D eigenvalue weighted by Crippen LogP contribution is 2.33. The fourth-order valence-corrected chi connectivity index (χ4v) is 3.73. The molecule has 1 aliphatic heterocycles. The Labute approximate surface area is 156 Å². The first kappa shape index (κ1) is 17.1. The molecule has 0 atom stereocenters. The van der Waals surface area contributed by atoms with Crippen LogP contribution in [0.15, 0.2) is 54.7 Å². The molecule has 1 saturated heterocycles. The average molecular weight is 364 g/mol. The second kappa shape index (κ2) is 7.11. The van der Waals surface area contributed by atoms with Gasteiger partial charge in [-0.25, -0.2) is 4.79 Å². The summed E-state index contributed by atoms with van der Waals surface area (Å²) >= 11 is 0. The Bertz CT molecular complexity index is 990. The summed E-state index contributed by atoms with van der Waals surface area (Å²) in [5.74, 6) is 0.419. The van der Waals surface area contributed by atoms with Gasteiger partial charge in [-0.05, 0) is 36.5 Å². The molecule has 0 radical (unpaired) electrons. The number of piperidine rings is 1. The van der Waals surface area contributed by atoms with E-state index in [-0.39, 0.29) is 11.7 Å². The van der Waals surface area contributed by atoms with Crippen molar-refractivity contribution in [3.63, 3.8) is 0 Å². The topological polar surface area (TPSA) is 91.3 Å². The van der Waals surface area contributed by atoms with Crippen LogP contribution in [0, 0.1) is 10.1 Å². The largest absolute Gasteiger partial charge is 0.361 e. The number of amides is 2. The van der Waals surface area contributed by atoms with Gasteiger partial charge in [-0.15, -0.1) is 0 Å². The molecule has 2 amide bonds. The third-order valence-corrected chi connectivity index (χ3v) is 5.15. The number of aromatic amines is 1. The van der Waals surface area contributed by atoms with Crippen molar-refractivity contribution in [3.05, 3.63) is 70.4 Å². The molecule has 0 aliphatic carbocycles. The van der Waals surface area contributed by atoms with Gasteiger partial charge in [0.25, 0.3) is 5.69 Å². The number of likely N-dealkylation sites (tertiary alicyclic amines) is 1. The quantitative estimate of drug-likeness (QED) is 0.530. The standard InChI is InChI=1S/C20H20N4O3/c25-20(22-15-4-3-5-16(12-15)24(26)27)23-10-8-14(9-11-23)18-13-21-19-7-2-1-6-17(18)19/h1-7,12-14,21H,8-11H2,(H,22,25). The highest BCUT2D eigenvalue weighted by Gasteiger charge is 2.25. The van der Waals surface area contributed by atoms with E-state index in [4.69, 9.17) is 0 Å². The van der Waals surface area contributed by atoms with E-state index in [1.807, 2.05) is 12.1 Å². The summed E-state index contributed by atoms with van der Waals surface area (Å²) in [6.07, 6.45) is 3.86. The van der Waals surface area contributed by atoms with Crippen molar-refractivity contribution in [2.45, 2.75) is 18.8 Å². The van der Waals surface area contributed by atoms with Gasteiger partial charge >= 0.3 is 6.03 Å². The number of benzene rings is 2. The first-order valence-electron chi connectivity index (χ1n) is 8.98. The first-order valence-corrected chi connectivity index (χ1v) is 8.98. The zero-order chi connectivity index (χ0) is 18.8. The molecule has 2 heterocycles. The Kier molecular flexibility index (Phi) is 4.50. The van der Waals surface area contributed by atoms with Crippen molar-refractivity contribution in [1.82, 2.24) is 9.88 Å². The number of nitrogens with zero attached hydrogens (tertiary/aromatic N) is 2. The van der Waals surface area contributed by atoms with Gasteiger partial charge in [-0.2, -0.15) is 0 Å². The van der Waals surface area contributed by atoms with Crippen LogP contribution in [0.5, 0.6) is 0 Å². The second-order valence-corrected chi connectivity index (χ2v) is 6.79. The highest BCUT2D eigenvalue weighted by atomic mass is 16.6. The molecule has 2 aromatic carbocycles. The second-order valence-electron chi connectivity index (χ2n) is 6.79. The van der Waals surface area contributed by atoms with Crippen LogP contribution in [0.1, 0.15) is 24.3 Å². The molecule has 1 aromatic heterocycles. The first-order chi connectivity index (χ1) is 13.1. The molecule has 7 heteroatoms. The maximum atomic E-state index is 12.5. The summed E-state index contributed by atoms with van der Waals surface area (Å²) in [5.41, 5.74) is 2.85. The molecule has 0 saturated carbocycles. The average Bonchev–Trinajstić information content (AvgIpc) is 3.12. The maximum Gasteiger partial charge on any atom is 0.321 e. The summed E-state index contributed by atoms with van der Waals surface area (Å²) in [5, 5.41) is 14.9. The molecule has 27 heavy (non-hydrogen) atoms. The number of carbonyl (C=O) groups excluding carboxylic acids is 1. The van der Waals surface area contributed by atoms with E-state index in [1.54, 1.807) is 17.0 Å². The summed E-state index contributed by atoms with van der Waals surface area (Å²) < 4.78 is 0. The SMILES string of the molecule is O=C(Nc1cccc([N+](=O)[O-])c1)N1CCC(c2c[nH]c3ccccc23)CC1. The summed E-state index contributed by atoms with van der Waals surface area (Å²) in [4.78, 5) is 28.0. The number of nitrogens with one attached hydrogen (secondary N) is 2. The molecule has 1 fully saturated rings. The van der Waals surface area contributed by atoms with Gasteiger partial charge in [-0.1, -0.05) is 24.3 Å². The number of non-ortho nitro benzene ring substituents is 1. The molecule has 1 aliphatic rings. The van der Waals surface area contributed by atoms with Gasteiger partial charge in [0, 0.05) is 48.0 Å². The van der Waals surface area contributed by atoms with Gasteiger partial charge in [0.15, 0.2) is 0 Å². The lowest BCUT2D eigenvalue weighted by Crippen LogP contribution is -2.40. The van der Waals surface area contributed by atoms with Gasteiger partial charge < -0.3 is 15.2 Å². The number of hydrogen-bond acceptors (Lipinski definition) is 3. The Morgan fingerprint density at radius 1 is 1.15 bits per heavy atom. The number of fused-ring (bicyclic) bond motifs is 1. The molecular weight excluding hydrogens is 344 g/mol. The minimum absolute atomic E-state index is 0.0363. The van der Waals surface area contributed by atoms with E-state index in [0.29, 0.717) is 24.7 Å². The number of nitro benzene ring substituents is 1. The number of para-hydroxylation sites is 1. The van der Waals surface area contributed by atoms with Gasteiger partial charge in [0.2, 0.25) is 0 Å². The van der Waals surface area contributed by atoms with Crippen molar-refractivity contribution in [2.24, 2.45) is 0 Å². The predicted molar refractivity (Wildman–Crippen MR) is 104 cm³/mol. The van der Waals surface area contributed by atoms with Crippen LogP contribution in [0.2, 0.25) is 0 Å². The minimum Gasteiger partial charge on any atom is -0.361 e. The van der Waals surface area contributed by atoms with E-state index >= 15 is 0 Å². The van der Waals surface area contributed by atoms with Crippen molar-refractivity contribution >= 4 is 28.3 Å². The number of H-pyrrole nitrogens is 1. The van der Waals surface area contributed by atoms with Crippen LogP contribution in [0.25, 0.3) is 10.9 Å². The lowest BCUT2D eigenvalue weighted by atomic mass is 9.89. The van der Waals surface area contributed by atoms with Crippen LogP contribution in [-0.2, 0) is 0 Å². The summed E-state index contributed by atoms with van der Waals surface area (Å²) in [6.45, 7) is 1.32. The normalized spacial score (nSPS) is 15.0. The van der Waals surface area contributed by atoms with Crippen molar-refractivity contribution in [2.75, 3.05) is 18.4 Å². The number of carbonyl (C=O) groups is 1. The van der Waals surface area contributed by atoms with Crippen LogP contribution >= 0.6 is 0 Å². The molecule has 0 bridgehead atoms. The monoisotopic (exact) mass is 364 g/mol. The number of nitro groups is 1. The van der Waals surface area contributed by atoms with Crippen LogP contribution < -0.4 is 5.32 Å². The van der Waals surface area contributed by atoms with Crippen LogP contribution in [-0.4, -0.2) is 33.9 Å². The molecule has 138 valence electrons. The number of aromatic nitrogens is 1. The zero-order valence-corrected chi connectivity index (χ0v) is 14.7. The number of anilines is 1. The smallest absolute Gasteiger partial charge is 0.321 e. The van der Waals surface area contributed by atoms with Crippen LogP contribution in [0.4, 0.5) is 16.2 Å². The number of rotatable bonds is 3. The maximum absolute atomic E-state index is 12.5. The van der Waals surface area contributed by atoms with Gasteiger partial charge in [0.1, 0.15) is 0 Å². The molecule has 0 unspecified atom stereocenters. The van der Waals surface area contributed by atoms with Crippen LogP contribution in [0.3, 0.4) is 0 Å². The lowest BCUT2D eigenvalue weighted by molar-refractivity contribution is -0.384. The molecule has 7 nitrogen and oxygen atoms in total. The van der Waals surface area contributed by atoms with E-state index in [0.717, 1.165) is 18.4 Å². The summed E-state index contributed by atoms with van der Waals surface area (Å²) in [7, 11) is 0.